The quantitative estimate of drug-likeness (QED) is 0.914. The fourth-order valence-electron chi connectivity index (χ4n) is 4.35. The van der Waals surface area contributed by atoms with Crippen molar-refractivity contribution in [1.29, 1.82) is 5.26 Å². The fraction of sp³-hybridized carbons (Fsp3) is 0.350. The zero-order valence-electron chi connectivity index (χ0n) is 13.8. The molecule has 2 heterocycles. The third-order valence-electron chi connectivity index (χ3n) is 5.65. The molecule has 0 bridgehead atoms. The van der Waals surface area contributed by atoms with Gasteiger partial charge in [0, 0.05) is 12.5 Å². The molecule has 126 valence electrons. The van der Waals surface area contributed by atoms with Crippen LogP contribution < -0.4 is 14.8 Å². The van der Waals surface area contributed by atoms with Crippen molar-refractivity contribution in [3.05, 3.63) is 58.9 Å². The molecule has 2 unspecified atom stereocenters. The lowest BCUT2D eigenvalue weighted by Gasteiger charge is -2.24. The Labute approximate surface area is 145 Å². The van der Waals surface area contributed by atoms with Crippen LogP contribution in [0, 0.1) is 29.0 Å². The van der Waals surface area contributed by atoms with Gasteiger partial charge in [0.1, 0.15) is 5.82 Å². The van der Waals surface area contributed by atoms with Crippen molar-refractivity contribution in [3.8, 4) is 17.6 Å². The summed E-state index contributed by atoms with van der Waals surface area (Å²) in [5, 5.41) is 12.3. The van der Waals surface area contributed by atoms with E-state index in [1.165, 1.54) is 6.07 Å². The van der Waals surface area contributed by atoms with Gasteiger partial charge >= 0.3 is 0 Å². The molecular formula is C20H17FN2O2. The Hall–Kier alpha value is -2.58. The highest BCUT2D eigenvalue weighted by atomic mass is 19.1. The standard InChI is InChI=1S/C20H17FN2O2/c1-20(15-6-5-11(8-22)7-16(15)21)24-17-4-2-3-12(19(17)25-20)18-13-9-23-10-14(13)18/h2-7,13-14,18,23H,9-10H2,1H3/t13-,14+,18?,20?. The van der Waals surface area contributed by atoms with Gasteiger partial charge in [0.05, 0.1) is 17.2 Å². The van der Waals surface area contributed by atoms with E-state index < -0.39 is 11.6 Å². The summed E-state index contributed by atoms with van der Waals surface area (Å²) in [5.74, 6) is 1.48. The molecule has 3 aliphatic rings. The maximum atomic E-state index is 14.5. The van der Waals surface area contributed by atoms with E-state index in [0.717, 1.165) is 24.4 Å². The maximum Gasteiger partial charge on any atom is 0.278 e. The molecule has 2 aromatic carbocycles. The predicted molar refractivity (Wildman–Crippen MR) is 88.8 cm³/mol. The topological polar surface area (TPSA) is 54.3 Å². The third-order valence-corrected chi connectivity index (χ3v) is 5.65. The predicted octanol–water partition coefficient (Wildman–Crippen LogP) is 3.27. The van der Waals surface area contributed by atoms with E-state index in [9.17, 15) is 4.39 Å². The summed E-state index contributed by atoms with van der Waals surface area (Å²) in [6, 6.07) is 12.2. The average Bonchev–Trinajstić information content (AvgIpc) is 2.95. The van der Waals surface area contributed by atoms with Gasteiger partial charge in [-0.3, -0.25) is 0 Å². The molecule has 4 nitrogen and oxygen atoms in total. The lowest BCUT2D eigenvalue weighted by atomic mass is 10.0. The lowest BCUT2D eigenvalue weighted by molar-refractivity contribution is -0.0710. The van der Waals surface area contributed by atoms with Crippen molar-refractivity contribution in [3.63, 3.8) is 0 Å². The molecule has 1 saturated carbocycles. The van der Waals surface area contributed by atoms with Gasteiger partial charge < -0.3 is 14.8 Å². The van der Waals surface area contributed by atoms with E-state index in [1.807, 2.05) is 18.2 Å². The highest BCUT2D eigenvalue weighted by molar-refractivity contribution is 5.54. The molecular weight excluding hydrogens is 319 g/mol. The first-order valence-electron chi connectivity index (χ1n) is 8.52. The van der Waals surface area contributed by atoms with Crippen molar-refractivity contribution in [2.24, 2.45) is 11.8 Å². The van der Waals surface area contributed by atoms with Crippen LogP contribution in [-0.4, -0.2) is 13.1 Å². The number of benzene rings is 2. The molecule has 1 N–H and O–H groups in total. The van der Waals surface area contributed by atoms with Gasteiger partial charge in [0.15, 0.2) is 11.5 Å². The molecule has 5 heteroatoms. The Morgan fingerprint density at radius 3 is 2.72 bits per heavy atom. The average molecular weight is 336 g/mol. The number of rotatable bonds is 2. The molecule has 1 aliphatic carbocycles. The van der Waals surface area contributed by atoms with Crippen LogP contribution >= 0.6 is 0 Å². The number of nitrogens with one attached hydrogen (secondary N) is 1. The molecule has 2 aromatic rings. The van der Waals surface area contributed by atoms with E-state index >= 15 is 0 Å². The molecule has 25 heavy (non-hydrogen) atoms. The molecule has 0 amide bonds. The molecule has 2 fully saturated rings. The van der Waals surface area contributed by atoms with Gasteiger partial charge in [-0.25, -0.2) is 4.39 Å². The van der Waals surface area contributed by atoms with Crippen LogP contribution in [0.4, 0.5) is 4.39 Å². The number of nitrogens with zero attached hydrogens (tertiary/aromatic N) is 1. The van der Waals surface area contributed by atoms with Gasteiger partial charge in [0.25, 0.3) is 5.79 Å². The number of halogens is 1. The Morgan fingerprint density at radius 2 is 2.00 bits per heavy atom. The zero-order chi connectivity index (χ0) is 17.2. The fourth-order valence-corrected chi connectivity index (χ4v) is 4.35. The van der Waals surface area contributed by atoms with Crippen LogP contribution in [-0.2, 0) is 5.79 Å². The summed E-state index contributed by atoms with van der Waals surface area (Å²) in [7, 11) is 0. The van der Waals surface area contributed by atoms with Gasteiger partial charge in [-0.1, -0.05) is 12.1 Å². The van der Waals surface area contributed by atoms with Crippen LogP contribution in [0.1, 0.15) is 29.5 Å². The first-order chi connectivity index (χ1) is 12.1. The number of fused-ring (bicyclic) bond motifs is 2. The van der Waals surface area contributed by atoms with Crippen LogP contribution in [0.2, 0.25) is 0 Å². The minimum atomic E-state index is -1.22. The van der Waals surface area contributed by atoms with Crippen molar-refractivity contribution in [2.75, 3.05) is 13.1 Å². The Balaban J connectivity index is 1.51. The van der Waals surface area contributed by atoms with Gasteiger partial charge in [0.2, 0.25) is 0 Å². The first kappa shape index (κ1) is 14.7. The SMILES string of the molecule is CC1(c2ccc(C#N)cc2F)Oc2cccc(C3[C@H]4CNC[C@@H]34)c2O1. The Bertz CT molecular complexity index is 912. The van der Waals surface area contributed by atoms with Crippen molar-refractivity contribution < 1.29 is 13.9 Å². The lowest BCUT2D eigenvalue weighted by Crippen LogP contribution is -2.32. The highest BCUT2D eigenvalue weighted by Crippen LogP contribution is 2.60. The van der Waals surface area contributed by atoms with E-state index in [2.05, 4.69) is 11.4 Å². The van der Waals surface area contributed by atoms with Gasteiger partial charge in [-0.15, -0.1) is 0 Å². The van der Waals surface area contributed by atoms with Crippen LogP contribution in [0.25, 0.3) is 0 Å². The largest absolute Gasteiger partial charge is 0.444 e. The normalized spacial score (nSPS) is 31.5. The van der Waals surface area contributed by atoms with Crippen LogP contribution in [0.15, 0.2) is 36.4 Å². The Morgan fingerprint density at radius 1 is 1.20 bits per heavy atom. The summed E-state index contributed by atoms with van der Waals surface area (Å²) in [6.07, 6.45) is 0. The zero-order valence-corrected chi connectivity index (χ0v) is 13.8. The van der Waals surface area contributed by atoms with E-state index in [0.29, 0.717) is 29.1 Å². The second-order valence-electron chi connectivity index (χ2n) is 7.14. The van der Waals surface area contributed by atoms with Crippen LogP contribution in [0.3, 0.4) is 0 Å². The molecule has 4 atom stereocenters. The number of hydrogen-bond acceptors (Lipinski definition) is 4. The van der Waals surface area contributed by atoms with E-state index in [1.54, 1.807) is 19.1 Å². The Kier molecular flexibility index (Phi) is 2.93. The summed E-state index contributed by atoms with van der Waals surface area (Å²) < 4.78 is 26.7. The second kappa shape index (κ2) is 4.96. The minimum absolute atomic E-state index is 0.277. The number of para-hydroxylation sites is 1. The summed E-state index contributed by atoms with van der Waals surface area (Å²) in [4.78, 5) is 0. The molecule has 0 aromatic heterocycles. The second-order valence-corrected chi connectivity index (χ2v) is 7.14. The highest BCUT2D eigenvalue weighted by Gasteiger charge is 2.55. The van der Waals surface area contributed by atoms with Crippen molar-refractivity contribution in [1.82, 2.24) is 5.32 Å². The van der Waals surface area contributed by atoms with Crippen molar-refractivity contribution in [2.45, 2.75) is 18.6 Å². The minimum Gasteiger partial charge on any atom is -0.444 e. The number of ether oxygens (including phenoxy) is 2. The molecule has 2 aliphatic heterocycles. The summed E-state index contributed by atoms with van der Waals surface area (Å²) in [6.45, 7) is 3.80. The van der Waals surface area contributed by atoms with E-state index in [-0.39, 0.29) is 5.56 Å². The molecule has 1 saturated heterocycles. The summed E-state index contributed by atoms with van der Waals surface area (Å²) in [5.41, 5.74) is 1.73. The first-order valence-corrected chi connectivity index (χ1v) is 8.52. The maximum absolute atomic E-state index is 14.5. The third kappa shape index (κ3) is 2.07. The van der Waals surface area contributed by atoms with Crippen molar-refractivity contribution >= 4 is 0 Å². The monoisotopic (exact) mass is 336 g/mol. The molecule has 0 radical (unpaired) electrons. The molecule has 0 spiro atoms. The smallest absolute Gasteiger partial charge is 0.278 e. The summed E-state index contributed by atoms with van der Waals surface area (Å²) >= 11 is 0. The van der Waals surface area contributed by atoms with Gasteiger partial charge in [-0.2, -0.15) is 5.26 Å². The van der Waals surface area contributed by atoms with E-state index in [4.69, 9.17) is 14.7 Å². The number of hydrogen-bond donors (Lipinski definition) is 1. The molecule has 5 rings (SSSR count). The number of piperidine rings is 1. The van der Waals surface area contributed by atoms with Crippen LogP contribution in [0.5, 0.6) is 11.5 Å². The van der Waals surface area contributed by atoms with Gasteiger partial charge in [-0.05, 0) is 55.1 Å². The number of nitriles is 1.